The van der Waals surface area contributed by atoms with E-state index >= 15 is 0 Å². The summed E-state index contributed by atoms with van der Waals surface area (Å²) < 4.78 is 0. The van der Waals surface area contributed by atoms with Crippen LogP contribution in [0, 0.1) is 10.1 Å². The highest BCUT2D eigenvalue weighted by atomic mass is 16.6. The normalized spacial score (nSPS) is 19.6. The number of nitro groups is 1. The fourth-order valence-electron chi connectivity index (χ4n) is 2.70. The van der Waals surface area contributed by atoms with Gasteiger partial charge in [0.05, 0.1) is 4.92 Å². The molecule has 21 heavy (non-hydrogen) atoms. The first kappa shape index (κ1) is 15.0. The predicted octanol–water partition coefficient (Wildman–Crippen LogP) is 1.17. The lowest BCUT2D eigenvalue weighted by molar-refractivity contribution is -0.384. The first-order valence-corrected chi connectivity index (χ1v) is 6.77. The van der Waals surface area contributed by atoms with Gasteiger partial charge in [0.2, 0.25) is 11.8 Å². The summed E-state index contributed by atoms with van der Waals surface area (Å²) in [7, 11) is 0. The van der Waals surface area contributed by atoms with Gasteiger partial charge in [-0.3, -0.25) is 19.7 Å². The summed E-state index contributed by atoms with van der Waals surface area (Å²) in [5, 5.41) is 10.6. The Morgan fingerprint density at radius 1 is 1.48 bits per heavy atom. The van der Waals surface area contributed by atoms with E-state index in [9.17, 15) is 19.7 Å². The second kappa shape index (κ2) is 5.90. The second-order valence-electron chi connectivity index (χ2n) is 5.12. The van der Waals surface area contributed by atoms with E-state index in [2.05, 4.69) is 0 Å². The standard InChI is InChI=1S/C14H17N3O4/c1-2-12(14(15)19)16-8-10(7-13(16)18)9-3-5-11(6-4-9)17(20)21/h3-6,10,12H,2,7-8H2,1H3,(H2,15,19)/t10?,12-/m0/s1. The smallest absolute Gasteiger partial charge is 0.269 e. The number of non-ortho nitro benzene ring substituents is 1. The lowest BCUT2D eigenvalue weighted by Crippen LogP contribution is -2.45. The van der Waals surface area contributed by atoms with E-state index in [1.807, 2.05) is 6.92 Å². The molecule has 1 aromatic rings. The van der Waals surface area contributed by atoms with Crippen molar-refractivity contribution in [2.24, 2.45) is 5.73 Å². The van der Waals surface area contributed by atoms with Crippen molar-refractivity contribution in [3.8, 4) is 0 Å². The molecule has 0 spiro atoms. The van der Waals surface area contributed by atoms with Crippen molar-refractivity contribution >= 4 is 17.5 Å². The molecule has 7 nitrogen and oxygen atoms in total. The minimum atomic E-state index is -0.583. The number of primary amides is 1. The molecule has 0 aliphatic carbocycles. The lowest BCUT2D eigenvalue weighted by Gasteiger charge is -2.24. The number of likely N-dealkylation sites (tertiary alicyclic amines) is 1. The number of nitro benzene ring substituents is 1. The Morgan fingerprint density at radius 2 is 2.10 bits per heavy atom. The minimum absolute atomic E-state index is 0.0171. The van der Waals surface area contributed by atoms with Crippen LogP contribution in [0.4, 0.5) is 5.69 Å². The topological polar surface area (TPSA) is 107 Å². The van der Waals surface area contributed by atoms with Crippen molar-refractivity contribution in [2.45, 2.75) is 31.7 Å². The number of rotatable bonds is 5. The molecule has 0 aromatic heterocycles. The van der Waals surface area contributed by atoms with Crippen LogP contribution in [0.5, 0.6) is 0 Å². The Bertz CT molecular complexity index is 570. The van der Waals surface area contributed by atoms with Crippen molar-refractivity contribution < 1.29 is 14.5 Å². The molecule has 112 valence electrons. The molecular weight excluding hydrogens is 274 g/mol. The maximum absolute atomic E-state index is 12.0. The maximum atomic E-state index is 12.0. The SMILES string of the molecule is CC[C@@H](C(N)=O)N1CC(c2ccc([N+](=O)[O-])cc2)CC1=O. The van der Waals surface area contributed by atoms with Gasteiger partial charge in [0.15, 0.2) is 0 Å². The molecule has 2 N–H and O–H groups in total. The molecule has 1 heterocycles. The summed E-state index contributed by atoms with van der Waals surface area (Å²) in [6, 6.07) is 5.58. The predicted molar refractivity (Wildman–Crippen MR) is 75.4 cm³/mol. The highest BCUT2D eigenvalue weighted by molar-refractivity contribution is 5.88. The van der Waals surface area contributed by atoms with Crippen LogP contribution in [0.1, 0.15) is 31.2 Å². The zero-order valence-electron chi connectivity index (χ0n) is 11.7. The van der Waals surface area contributed by atoms with Gasteiger partial charge >= 0.3 is 0 Å². The van der Waals surface area contributed by atoms with Gasteiger partial charge in [0.25, 0.3) is 5.69 Å². The van der Waals surface area contributed by atoms with Crippen LogP contribution in [0.25, 0.3) is 0 Å². The largest absolute Gasteiger partial charge is 0.368 e. The van der Waals surface area contributed by atoms with Crippen molar-refractivity contribution in [3.05, 3.63) is 39.9 Å². The highest BCUT2D eigenvalue weighted by Crippen LogP contribution is 2.30. The zero-order valence-corrected chi connectivity index (χ0v) is 11.7. The Labute approximate surface area is 121 Å². The average molecular weight is 291 g/mol. The first-order chi connectivity index (χ1) is 9.93. The third-order valence-corrected chi connectivity index (χ3v) is 3.83. The van der Waals surface area contributed by atoms with Crippen LogP contribution in [-0.4, -0.2) is 34.2 Å². The Hall–Kier alpha value is -2.44. The number of nitrogens with zero attached hydrogens (tertiary/aromatic N) is 2. The lowest BCUT2D eigenvalue weighted by atomic mass is 9.98. The molecule has 1 aliphatic rings. The number of hydrogen-bond donors (Lipinski definition) is 1. The third kappa shape index (κ3) is 3.01. The monoisotopic (exact) mass is 291 g/mol. The first-order valence-electron chi connectivity index (χ1n) is 6.77. The van der Waals surface area contributed by atoms with Crippen LogP contribution >= 0.6 is 0 Å². The van der Waals surface area contributed by atoms with E-state index in [0.29, 0.717) is 19.4 Å². The molecule has 0 saturated carbocycles. The number of carbonyl (C=O) groups is 2. The molecule has 2 atom stereocenters. The van der Waals surface area contributed by atoms with Crippen LogP contribution in [0.3, 0.4) is 0 Å². The molecule has 7 heteroatoms. The summed E-state index contributed by atoms with van der Waals surface area (Å²) in [6.45, 7) is 2.22. The van der Waals surface area contributed by atoms with Crippen molar-refractivity contribution in [3.63, 3.8) is 0 Å². The van der Waals surface area contributed by atoms with Gasteiger partial charge in [-0.1, -0.05) is 19.1 Å². The van der Waals surface area contributed by atoms with Crippen molar-refractivity contribution in [1.29, 1.82) is 0 Å². The van der Waals surface area contributed by atoms with Crippen LogP contribution in [0.2, 0.25) is 0 Å². The van der Waals surface area contributed by atoms with E-state index in [1.54, 1.807) is 12.1 Å². The molecule has 1 saturated heterocycles. The van der Waals surface area contributed by atoms with E-state index in [-0.39, 0.29) is 17.5 Å². The Balaban J connectivity index is 2.15. The van der Waals surface area contributed by atoms with Gasteiger partial charge in [-0.15, -0.1) is 0 Å². The summed E-state index contributed by atoms with van der Waals surface area (Å²) in [4.78, 5) is 35.1. The fourth-order valence-corrected chi connectivity index (χ4v) is 2.70. The van der Waals surface area contributed by atoms with Gasteiger partial charge in [0.1, 0.15) is 6.04 Å². The minimum Gasteiger partial charge on any atom is -0.368 e. The molecule has 1 aromatic carbocycles. The van der Waals surface area contributed by atoms with Gasteiger partial charge in [-0.2, -0.15) is 0 Å². The molecule has 1 fully saturated rings. The molecule has 2 rings (SSSR count). The summed E-state index contributed by atoms with van der Waals surface area (Å²) in [5.74, 6) is -0.675. The summed E-state index contributed by atoms with van der Waals surface area (Å²) in [5.41, 5.74) is 6.19. The van der Waals surface area contributed by atoms with E-state index in [1.165, 1.54) is 17.0 Å². The van der Waals surface area contributed by atoms with E-state index < -0.39 is 16.9 Å². The van der Waals surface area contributed by atoms with Gasteiger partial charge in [-0.05, 0) is 12.0 Å². The van der Waals surface area contributed by atoms with Gasteiger partial charge < -0.3 is 10.6 Å². The Morgan fingerprint density at radius 3 is 2.57 bits per heavy atom. The summed E-state index contributed by atoms with van der Waals surface area (Å²) in [6.07, 6.45) is 0.773. The van der Waals surface area contributed by atoms with Crippen LogP contribution < -0.4 is 5.73 Å². The molecule has 1 aliphatic heterocycles. The number of carbonyl (C=O) groups excluding carboxylic acids is 2. The van der Waals surface area contributed by atoms with E-state index in [4.69, 9.17) is 5.73 Å². The summed E-state index contributed by atoms with van der Waals surface area (Å²) >= 11 is 0. The molecule has 0 bridgehead atoms. The number of hydrogen-bond acceptors (Lipinski definition) is 4. The second-order valence-corrected chi connectivity index (χ2v) is 5.12. The number of benzene rings is 1. The highest BCUT2D eigenvalue weighted by Gasteiger charge is 2.36. The zero-order chi connectivity index (χ0) is 15.6. The number of amides is 2. The molecule has 1 unspecified atom stereocenters. The average Bonchev–Trinajstić information content (AvgIpc) is 2.81. The van der Waals surface area contributed by atoms with Crippen LogP contribution in [0.15, 0.2) is 24.3 Å². The quantitative estimate of drug-likeness (QED) is 0.649. The number of nitrogens with two attached hydrogens (primary N) is 1. The molecule has 2 amide bonds. The van der Waals surface area contributed by atoms with E-state index in [0.717, 1.165) is 5.56 Å². The maximum Gasteiger partial charge on any atom is 0.269 e. The molecular formula is C14H17N3O4. The van der Waals surface area contributed by atoms with Gasteiger partial charge in [0, 0.05) is 31.0 Å². The molecule has 0 radical (unpaired) electrons. The van der Waals surface area contributed by atoms with Crippen molar-refractivity contribution in [1.82, 2.24) is 4.90 Å². The van der Waals surface area contributed by atoms with Crippen LogP contribution in [-0.2, 0) is 9.59 Å². The van der Waals surface area contributed by atoms with Gasteiger partial charge in [-0.25, -0.2) is 0 Å². The van der Waals surface area contributed by atoms with Crippen molar-refractivity contribution in [2.75, 3.05) is 6.54 Å². The fraction of sp³-hybridized carbons (Fsp3) is 0.429. The third-order valence-electron chi connectivity index (χ3n) is 3.83. The Kier molecular flexibility index (Phi) is 4.21.